The van der Waals surface area contributed by atoms with Crippen LogP contribution < -0.4 is 11.1 Å². The summed E-state index contributed by atoms with van der Waals surface area (Å²) >= 11 is 2.91. The van der Waals surface area contributed by atoms with Crippen molar-refractivity contribution < 1.29 is 14.0 Å². The number of nitrogens with two attached hydrogens (primary N) is 1. The Morgan fingerprint density at radius 3 is 2.57 bits per heavy atom. The van der Waals surface area contributed by atoms with E-state index in [9.17, 15) is 14.0 Å². The van der Waals surface area contributed by atoms with Crippen molar-refractivity contribution in [3.8, 4) is 0 Å². The molecule has 1 aromatic rings. The lowest BCUT2D eigenvalue weighted by Gasteiger charge is -2.01. The Kier molecular flexibility index (Phi) is 3.19. The molecule has 0 saturated heterocycles. The van der Waals surface area contributed by atoms with Gasteiger partial charge in [0.2, 0.25) is 0 Å². The van der Waals surface area contributed by atoms with Crippen LogP contribution in [-0.2, 0) is 0 Å². The van der Waals surface area contributed by atoms with E-state index < -0.39 is 17.8 Å². The monoisotopic (exact) mass is 260 g/mol. The SMILES string of the molecule is NC(=O)NC(=O)c1ccc(F)c(Br)c1. The average molecular weight is 261 g/mol. The zero-order valence-electron chi connectivity index (χ0n) is 6.88. The molecule has 0 heterocycles. The van der Waals surface area contributed by atoms with E-state index in [1.54, 1.807) is 0 Å². The number of carbonyl (C=O) groups is 2. The van der Waals surface area contributed by atoms with Gasteiger partial charge in [-0.1, -0.05) is 0 Å². The van der Waals surface area contributed by atoms with Crippen molar-refractivity contribution in [1.29, 1.82) is 0 Å². The number of hydrogen-bond acceptors (Lipinski definition) is 2. The summed E-state index contributed by atoms with van der Waals surface area (Å²) in [6, 6.07) is 2.67. The van der Waals surface area contributed by atoms with Crippen molar-refractivity contribution in [2.75, 3.05) is 0 Å². The minimum Gasteiger partial charge on any atom is -0.351 e. The van der Waals surface area contributed by atoms with Gasteiger partial charge in [-0.05, 0) is 34.1 Å². The summed E-state index contributed by atoms with van der Waals surface area (Å²) in [5.41, 5.74) is 4.89. The van der Waals surface area contributed by atoms with Gasteiger partial charge in [-0.3, -0.25) is 10.1 Å². The number of halogens is 2. The molecule has 1 aromatic carbocycles. The first kappa shape index (κ1) is 10.6. The van der Waals surface area contributed by atoms with E-state index in [0.29, 0.717) is 0 Å². The molecule has 4 nitrogen and oxygen atoms in total. The molecule has 74 valence electrons. The van der Waals surface area contributed by atoms with Crippen LogP contribution in [0.5, 0.6) is 0 Å². The number of nitrogens with one attached hydrogen (secondary N) is 1. The third-order valence-electron chi connectivity index (χ3n) is 1.42. The van der Waals surface area contributed by atoms with Crippen molar-refractivity contribution in [1.82, 2.24) is 5.32 Å². The first-order valence-electron chi connectivity index (χ1n) is 3.56. The van der Waals surface area contributed by atoms with Crippen molar-refractivity contribution in [2.24, 2.45) is 5.73 Å². The second-order valence-corrected chi connectivity index (χ2v) is 3.30. The molecular weight excluding hydrogens is 255 g/mol. The molecule has 14 heavy (non-hydrogen) atoms. The highest BCUT2D eigenvalue weighted by Gasteiger charge is 2.09. The molecule has 0 aromatic heterocycles. The molecule has 0 aliphatic heterocycles. The molecule has 0 atom stereocenters. The van der Waals surface area contributed by atoms with Gasteiger partial charge in [0.05, 0.1) is 4.47 Å². The number of imide groups is 1. The van der Waals surface area contributed by atoms with Gasteiger partial charge in [0.15, 0.2) is 0 Å². The van der Waals surface area contributed by atoms with Gasteiger partial charge in [0.25, 0.3) is 5.91 Å². The fourth-order valence-electron chi connectivity index (χ4n) is 0.821. The van der Waals surface area contributed by atoms with Crippen molar-refractivity contribution in [3.05, 3.63) is 34.1 Å². The number of urea groups is 1. The lowest BCUT2D eigenvalue weighted by atomic mass is 10.2. The summed E-state index contributed by atoms with van der Waals surface area (Å²) in [6.07, 6.45) is 0. The van der Waals surface area contributed by atoms with Crippen LogP contribution in [0.1, 0.15) is 10.4 Å². The standard InChI is InChI=1S/C8H6BrFN2O2/c9-5-3-4(1-2-6(5)10)7(13)12-8(11)14/h1-3H,(H3,11,12,13,14). The molecule has 0 bridgehead atoms. The van der Waals surface area contributed by atoms with Crippen LogP contribution in [0.2, 0.25) is 0 Å². The van der Waals surface area contributed by atoms with Crippen molar-refractivity contribution in [2.45, 2.75) is 0 Å². The highest BCUT2D eigenvalue weighted by molar-refractivity contribution is 9.10. The van der Waals surface area contributed by atoms with E-state index >= 15 is 0 Å². The first-order valence-corrected chi connectivity index (χ1v) is 4.36. The first-order chi connectivity index (χ1) is 6.50. The number of rotatable bonds is 1. The fourth-order valence-corrected chi connectivity index (χ4v) is 1.20. The molecule has 0 fully saturated rings. The molecule has 6 heteroatoms. The topological polar surface area (TPSA) is 72.2 Å². The van der Waals surface area contributed by atoms with Crippen LogP contribution in [0.15, 0.2) is 22.7 Å². The lowest BCUT2D eigenvalue weighted by Crippen LogP contribution is -2.34. The minimum absolute atomic E-state index is 0.148. The van der Waals surface area contributed by atoms with Crippen LogP contribution in [0.4, 0.5) is 9.18 Å². The normalized spacial score (nSPS) is 9.57. The smallest absolute Gasteiger partial charge is 0.319 e. The molecule has 0 aliphatic rings. The summed E-state index contributed by atoms with van der Waals surface area (Å²) in [6.45, 7) is 0. The van der Waals surface area contributed by atoms with Crippen LogP contribution in [-0.4, -0.2) is 11.9 Å². The summed E-state index contributed by atoms with van der Waals surface area (Å²) in [7, 11) is 0. The van der Waals surface area contributed by atoms with Crippen LogP contribution >= 0.6 is 15.9 Å². The summed E-state index contributed by atoms with van der Waals surface area (Å²) in [5.74, 6) is -1.15. The van der Waals surface area contributed by atoms with E-state index in [1.807, 2.05) is 5.32 Å². The molecule has 0 radical (unpaired) electrons. The number of hydrogen-bond donors (Lipinski definition) is 2. The fraction of sp³-hybridized carbons (Fsp3) is 0. The van der Waals surface area contributed by atoms with Gasteiger partial charge in [-0.2, -0.15) is 0 Å². The van der Waals surface area contributed by atoms with Crippen LogP contribution in [0.25, 0.3) is 0 Å². The average Bonchev–Trinajstić information content (AvgIpc) is 2.08. The van der Waals surface area contributed by atoms with E-state index in [-0.39, 0.29) is 10.0 Å². The molecule has 0 spiro atoms. The zero-order valence-corrected chi connectivity index (χ0v) is 8.47. The summed E-state index contributed by atoms with van der Waals surface area (Å²) in [4.78, 5) is 21.5. The van der Waals surface area contributed by atoms with E-state index in [2.05, 4.69) is 15.9 Å². The number of benzene rings is 1. The largest absolute Gasteiger partial charge is 0.351 e. The van der Waals surface area contributed by atoms with Crippen molar-refractivity contribution >= 4 is 27.9 Å². The Balaban J connectivity index is 2.91. The number of carbonyl (C=O) groups excluding carboxylic acids is 2. The minimum atomic E-state index is -0.949. The number of amides is 3. The van der Waals surface area contributed by atoms with Gasteiger partial charge < -0.3 is 5.73 Å². The highest BCUT2D eigenvalue weighted by Crippen LogP contribution is 2.16. The van der Waals surface area contributed by atoms with E-state index in [4.69, 9.17) is 5.73 Å². The Morgan fingerprint density at radius 2 is 2.07 bits per heavy atom. The van der Waals surface area contributed by atoms with Gasteiger partial charge in [-0.15, -0.1) is 0 Å². The maximum Gasteiger partial charge on any atom is 0.319 e. The Hall–Kier alpha value is -1.43. The van der Waals surface area contributed by atoms with Gasteiger partial charge in [0, 0.05) is 5.56 Å². The maximum absolute atomic E-state index is 12.8. The molecule has 0 aliphatic carbocycles. The van der Waals surface area contributed by atoms with Gasteiger partial charge in [-0.25, -0.2) is 9.18 Å². The Labute approximate surface area is 87.4 Å². The maximum atomic E-state index is 12.8. The number of primary amides is 1. The zero-order chi connectivity index (χ0) is 10.7. The highest BCUT2D eigenvalue weighted by atomic mass is 79.9. The Morgan fingerprint density at radius 1 is 1.43 bits per heavy atom. The van der Waals surface area contributed by atoms with Gasteiger partial charge in [0.1, 0.15) is 5.82 Å². The Bertz CT molecular complexity index is 395. The lowest BCUT2D eigenvalue weighted by molar-refractivity contribution is 0.0966. The molecule has 3 N–H and O–H groups in total. The second-order valence-electron chi connectivity index (χ2n) is 2.45. The quantitative estimate of drug-likeness (QED) is 0.801. The molecule has 3 amide bonds. The molecule has 0 saturated carbocycles. The summed E-state index contributed by atoms with van der Waals surface area (Å²) < 4.78 is 12.9. The van der Waals surface area contributed by atoms with Gasteiger partial charge >= 0.3 is 6.03 Å². The molecule has 1 rings (SSSR count). The summed E-state index contributed by atoms with van der Waals surface area (Å²) in [5, 5.41) is 1.86. The van der Waals surface area contributed by atoms with E-state index in [0.717, 1.165) is 6.07 Å². The van der Waals surface area contributed by atoms with Crippen LogP contribution in [0.3, 0.4) is 0 Å². The molecular formula is C8H6BrFN2O2. The third-order valence-corrected chi connectivity index (χ3v) is 2.03. The second kappa shape index (κ2) is 4.19. The predicted molar refractivity (Wildman–Crippen MR) is 51.1 cm³/mol. The molecule has 0 unspecified atom stereocenters. The third kappa shape index (κ3) is 2.53. The predicted octanol–water partition coefficient (Wildman–Crippen LogP) is 1.40. The van der Waals surface area contributed by atoms with Crippen LogP contribution in [0, 0.1) is 5.82 Å². The van der Waals surface area contributed by atoms with Crippen molar-refractivity contribution in [3.63, 3.8) is 0 Å². The van der Waals surface area contributed by atoms with E-state index in [1.165, 1.54) is 12.1 Å².